The SMILES string of the molecule is CCCc1cc(-c2cc(CC)c(C)c(CCC)c2O)cc(N2CCCC2=O)c1O. The van der Waals surface area contributed by atoms with Crippen molar-refractivity contribution in [1.29, 1.82) is 0 Å². The van der Waals surface area contributed by atoms with E-state index < -0.39 is 0 Å². The number of aromatic hydroxyl groups is 2. The molecule has 2 N–H and O–H groups in total. The number of benzene rings is 2. The van der Waals surface area contributed by atoms with E-state index in [1.165, 1.54) is 5.56 Å². The maximum atomic E-state index is 12.4. The Bertz CT molecular complexity index is 917. The number of phenols is 2. The van der Waals surface area contributed by atoms with Gasteiger partial charge in [0.2, 0.25) is 5.91 Å². The Kier molecular flexibility index (Phi) is 6.51. The van der Waals surface area contributed by atoms with Gasteiger partial charge in [-0.15, -0.1) is 0 Å². The topological polar surface area (TPSA) is 60.8 Å². The number of hydrogen-bond donors (Lipinski definition) is 2. The molecule has 0 aliphatic carbocycles. The molecule has 4 heteroatoms. The van der Waals surface area contributed by atoms with Crippen LogP contribution in [-0.4, -0.2) is 22.7 Å². The van der Waals surface area contributed by atoms with Crippen molar-refractivity contribution >= 4 is 11.6 Å². The minimum atomic E-state index is 0.0499. The lowest BCUT2D eigenvalue weighted by atomic mass is 9.89. The van der Waals surface area contributed by atoms with Crippen LogP contribution in [0.15, 0.2) is 18.2 Å². The molecule has 1 aliphatic rings. The summed E-state index contributed by atoms with van der Waals surface area (Å²) in [5.74, 6) is 0.573. The lowest BCUT2D eigenvalue weighted by Gasteiger charge is -2.22. The van der Waals surface area contributed by atoms with Crippen LogP contribution in [0, 0.1) is 6.92 Å². The van der Waals surface area contributed by atoms with Gasteiger partial charge in [0.1, 0.15) is 11.5 Å². The molecule has 0 unspecified atom stereocenters. The van der Waals surface area contributed by atoms with E-state index in [0.717, 1.165) is 66.3 Å². The monoisotopic (exact) mass is 395 g/mol. The van der Waals surface area contributed by atoms with Gasteiger partial charge in [-0.1, -0.05) is 33.6 Å². The van der Waals surface area contributed by atoms with Crippen LogP contribution >= 0.6 is 0 Å². The molecule has 0 radical (unpaired) electrons. The number of rotatable bonds is 7. The summed E-state index contributed by atoms with van der Waals surface area (Å²) in [6, 6.07) is 5.92. The van der Waals surface area contributed by atoms with Crippen LogP contribution in [0.4, 0.5) is 5.69 Å². The Hall–Kier alpha value is -2.49. The van der Waals surface area contributed by atoms with Gasteiger partial charge in [-0.05, 0) is 78.6 Å². The predicted octanol–water partition coefficient (Wildman–Crippen LogP) is 5.67. The van der Waals surface area contributed by atoms with E-state index in [9.17, 15) is 15.0 Å². The molecule has 2 aromatic carbocycles. The molecular weight excluding hydrogens is 362 g/mol. The van der Waals surface area contributed by atoms with Crippen molar-refractivity contribution in [2.75, 3.05) is 11.4 Å². The summed E-state index contributed by atoms with van der Waals surface area (Å²) >= 11 is 0. The highest BCUT2D eigenvalue weighted by molar-refractivity contribution is 5.98. The predicted molar refractivity (Wildman–Crippen MR) is 119 cm³/mol. The summed E-state index contributed by atoms with van der Waals surface area (Å²) in [5.41, 5.74) is 6.46. The average molecular weight is 396 g/mol. The fourth-order valence-electron chi connectivity index (χ4n) is 4.43. The molecule has 0 bridgehead atoms. The molecule has 2 aromatic rings. The number of aryl methyl sites for hydroxylation is 2. The van der Waals surface area contributed by atoms with Crippen LogP contribution in [-0.2, 0) is 24.1 Å². The summed E-state index contributed by atoms with van der Waals surface area (Å²) in [6.45, 7) is 9.04. The third-order valence-electron chi connectivity index (χ3n) is 6.04. The highest BCUT2D eigenvalue weighted by Gasteiger charge is 2.26. The molecule has 1 heterocycles. The van der Waals surface area contributed by atoms with Gasteiger partial charge in [0.15, 0.2) is 0 Å². The summed E-state index contributed by atoms with van der Waals surface area (Å²) in [7, 11) is 0. The normalized spacial score (nSPS) is 14.1. The van der Waals surface area contributed by atoms with Gasteiger partial charge in [0, 0.05) is 18.5 Å². The van der Waals surface area contributed by atoms with Crippen LogP contribution in [0.25, 0.3) is 11.1 Å². The van der Waals surface area contributed by atoms with Crippen LogP contribution in [0.5, 0.6) is 11.5 Å². The number of carbonyl (C=O) groups excluding carboxylic acids is 1. The fraction of sp³-hybridized carbons (Fsp3) is 0.480. The maximum Gasteiger partial charge on any atom is 0.227 e. The highest BCUT2D eigenvalue weighted by Crippen LogP contribution is 2.43. The van der Waals surface area contributed by atoms with E-state index in [-0.39, 0.29) is 11.7 Å². The maximum absolute atomic E-state index is 12.4. The molecule has 0 aromatic heterocycles. The van der Waals surface area contributed by atoms with Gasteiger partial charge < -0.3 is 15.1 Å². The highest BCUT2D eigenvalue weighted by atomic mass is 16.3. The van der Waals surface area contributed by atoms with Gasteiger partial charge in [-0.3, -0.25) is 4.79 Å². The van der Waals surface area contributed by atoms with Crippen molar-refractivity contribution in [3.05, 3.63) is 40.5 Å². The molecule has 156 valence electrons. The standard InChI is InChI=1S/C25H33NO3/c1-5-9-18-13-19(15-22(24(18)28)26-12-8-11-23(26)27)21-14-17(7-3)16(4)20(10-6-2)25(21)29/h13-15,28-29H,5-12H2,1-4H3. The van der Waals surface area contributed by atoms with Crippen LogP contribution < -0.4 is 4.90 Å². The van der Waals surface area contributed by atoms with Crippen LogP contribution in [0.1, 0.15) is 68.7 Å². The van der Waals surface area contributed by atoms with E-state index in [0.29, 0.717) is 24.4 Å². The second-order valence-electron chi connectivity index (χ2n) is 8.04. The number of amides is 1. The Morgan fingerprint density at radius 3 is 2.28 bits per heavy atom. The Morgan fingerprint density at radius 1 is 0.966 bits per heavy atom. The van der Waals surface area contributed by atoms with Gasteiger partial charge in [-0.25, -0.2) is 0 Å². The second-order valence-corrected chi connectivity index (χ2v) is 8.04. The summed E-state index contributed by atoms with van der Waals surface area (Å²) in [6.07, 6.45) is 5.63. The molecule has 29 heavy (non-hydrogen) atoms. The van der Waals surface area contributed by atoms with E-state index in [4.69, 9.17) is 0 Å². The van der Waals surface area contributed by atoms with Gasteiger partial charge in [0.25, 0.3) is 0 Å². The van der Waals surface area contributed by atoms with Crippen molar-refractivity contribution in [3.63, 3.8) is 0 Å². The third kappa shape index (κ3) is 3.98. The first-order valence-electron chi connectivity index (χ1n) is 10.9. The van der Waals surface area contributed by atoms with Crippen molar-refractivity contribution in [3.8, 4) is 22.6 Å². The number of carbonyl (C=O) groups is 1. The molecule has 1 amide bonds. The second kappa shape index (κ2) is 8.89. The first-order valence-corrected chi connectivity index (χ1v) is 10.9. The molecule has 1 aliphatic heterocycles. The number of phenolic OH excluding ortho intramolecular Hbond substituents is 2. The molecule has 0 atom stereocenters. The molecule has 4 nitrogen and oxygen atoms in total. The Morgan fingerprint density at radius 2 is 1.69 bits per heavy atom. The van der Waals surface area contributed by atoms with E-state index >= 15 is 0 Å². The van der Waals surface area contributed by atoms with Crippen molar-refractivity contribution < 1.29 is 15.0 Å². The first kappa shape index (κ1) is 21.2. The number of hydrogen-bond acceptors (Lipinski definition) is 3. The minimum absolute atomic E-state index is 0.0499. The molecule has 1 fully saturated rings. The van der Waals surface area contributed by atoms with E-state index in [2.05, 4.69) is 33.8 Å². The molecule has 0 saturated carbocycles. The molecular formula is C25H33NO3. The number of anilines is 1. The summed E-state index contributed by atoms with van der Waals surface area (Å²) < 4.78 is 0. The molecule has 0 spiro atoms. The summed E-state index contributed by atoms with van der Waals surface area (Å²) in [5, 5.41) is 22.0. The number of nitrogens with zero attached hydrogens (tertiary/aromatic N) is 1. The summed E-state index contributed by atoms with van der Waals surface area (Å²) in [4.78, 5) is 14.1. The third-order valence-corrected chi connectivity index (χ3v) is 6.04. The van der Waals surface area contributed by atoms with Crippen molar-refractivity contribution in [1.82, 2.24) is 0 Å². The lowest BCUT2D eigenvalue weighted by Crippen LogP contribution is -2.24. The van der Waals surface area contributed by atoms with Crippen molar-refractivity contribution in [2.24, 2.45) is 0 Å². The van der Waals surface area contributed by atoms with Gasteiger partial charge in [-0.2, -0.15) is 0 Å². The zero-order valence-electron chi connectivity index (χ0n) is 18.1. The minimum Gasteiger partial charge on any atom is -0.507 e. The van der Waals surface area contributed by atoms with Gasteiger partial charge in [0.05, 0.1) is 5.69 Å². The van der Waals surface area contributed by atoms with Crippen LogP contribution in [0.2, 0.25) is 0 Å². The van der Waals surface area contributed by atoms with Crippen LogP contribution in [0.3, 0.4) is 0 Å². The largest absolute Gasteiger partial charge is 0.507 e. The van der Waals surface area contributed by atoms with E-state index in [1.807, 2.05) is 12.1 Å². The smallest absolute Gasteiger partial charge is 0.227 e. The first-order chi connectivity index (χ1) is 13.9. The fourth-order valence-corrected chi connectivity index (χ4v) is 4.43. The van der Waals surface area contributed by atoms with Crippen molar-refractivity contribution in [2.45, 2.75) is 72.6 Å². The zero-order valence-corrected chi connectivity index (χ0v) is 18.1. The lowest BCUT2D eigenvalue weighted by molar-refractivity contribution is -0.117. The van der Waals surface area contributed by atoms with Gasteiger partial charge >= 0.3 is 0 Å². The quantitative estimate of drug-likeness (QED) is 0.635. The molecule has 3 rings (SSSR count). The Labute approximate surface area is 174 Å². The Balaban J connectivity index is 2.24. The molecule has 1 saturated heterocycles. The zero-order chi connectivity index (χ0) is 21.1. The van der Waals surface area contributed by atoms with E-state index in [1.54, 1.807) is 4.90 Å². The average Bonchev–Trinajstić information content (AvgIpc) is 3.13.